The van der Waals surface area contributed by atoms with E-state index in [9.17, 15) is 22.4 Å². The van der Waals surface area contributed by atoms with E-state index in [1.807, 2.05) is 22.8 Å². The first-order chi connectivity index (χ1) is 16.1. The van der Waals surface area contributed by atoms with E-state index in [0.717, 1.165) is 36.2 Å². The molecular weight excluding hydrogens is 456 g/mol. The van der Waals surface area contributed by atoms with Crippen LogP contribution in [0.4, 0.5) is 23.2 Å². The van der Waals surface area contributed by atoms with Crippen molar-refractivity contribution in [3.8, 4) is 0 Å². The van der Waals surface area contributed by atoms with Gasteiger partial charge in [0.1, 0.15) is 12.4 Å². The molecule has 0 atom stereocenters. The summed E-state index contributed by atoms with van der Waals surface area (Å²) < 4.78 is 46.8. The smallest absolute Gasteiger partial charge is 0.475 e. The van der Waals surface area contributed by atoms with E-state index in [1.165, 1.54) is 31.4 Å². The van der Waals surface area contributed by atoms with Crippen LogP contribution in [0.5, 0.6) is 0 Å². The second-order valence-electron chi connectivity index (χ2n) is 7.87. The number of nitrogens with one attached hydrogen (secondary N) is 1. The number of aliphatic carboxylic acids is 1. The van der Waals surface area contributed by atoms with Crippen LogP contribution in [0.25, 0.3) is 10.9 Å². The summed E-state index contributed by atoms with van der Waals surface area (Å²) in [4.78, 5) is 28.1. The molecule has 2 N–H and O–H groups in total. The van der Waals surface area contributed by atoms with Crippen molar-refractivity contribution in [2.24, 2.45) is 0 Å². The van der Waals surface area contributed by atoms with Crippen LogP contribution in [-0.4, -0.2) is 50.7 Å². The van der Waals surface area contributed by atoms with Gasteiger partial charge in [-0.05, 0) is 62.3 Å². The van der Waals surface area contributed by atoms with Gasteiger partial charge in [0.05, 0.1) is 17.6 Å². The fraction of sp³-hybridized carbons (Fsp3) is 0.348. The maximum Gasteiger partial charge on any atom is 0.490 e. The molecule has 0 spiro atoms. The van der Waals surface area contributed by atoms with Gasteiger partial charge in [-0.3, -0.25) is 14.7 Å². The Morgan fingerprint density at radius 2 is 1.76 bits per heavy atom. The highest BCUT2D eigenvalue weighted by atomic mass is 19.4. The molecule has 1 amide bonds. The Bertz CT molecular complexity index is 1120. The number of hydrogen-bond acceptors (Lipinski definition) is 4. The van der Waals surface area contributed by atoms with Crippen molar-refractivity contribution in [2.45, 2.75) is 38.5 Å². The predicted octanol–water partition coefficient (Wildman–Crippen LogP) is 4.43. The standard InChI is InChI=1S/C21H23FN4O.C2HF3O2/c22-17-4-7-20-16(12-17)8-11-26(20)15-21(27)24-18-5-6-19(23-13-18)14-25-9-2-1-3-10-25;3-2(4,5)1(6)7/h4-8,11-13H,1-3,9-10,14-15H2,(H,24,27);(H,6,7). The molecule has 34 heavy (non-hydrogen) atoms. The quantitative estimate of drug-likeness (QED) is 0.528. The molecule has 4 rings (SSSR count). The number of likely N-dealkylation sites (tertiary alicyclic amines) is 1. The number of rotatable bonds is 5. The number of piperidine rings is 1. The van der Waals surface area contributed by atoms with E-state index in [2.05, 4.69) is 15.2 Å². The SMILES string of the molecule is O=C(Cn1ccc2cc(F)ccc21)Nc1ccc(CN2CCCCC2)nc1.O=C(O)C(F)(F)F. The summed E-state index contributed by atoms with van der Waals surface area (Å²) in [5, 5.41) is 10.8. The van der Waals surface area contributed by atoms with Gasteiger partial charge in [-0.15, -0.1) is 0 Å². The molecule has 0 unspecified atom stereocenters. The molecule has 7 nitrogen and oxygen atoms in total. The molecule has 182 valence electrons. The van der Waals surface area contributed by atoms with E-state index in [0.29, 0.717) is 5.69 Å². The number of hydrogen-bond donors (Lipinski definition) is 2. The number of halogens is 4. The summed E-state index contributed by atoms with van der Waals surface area (Å²) in [6, 6.07) is 10.2. The van der Waals surface area contributed by atoms with Crippen LogP contribution in [0.2, 0.25) is 0 Å². The van der Waals surface area contributed by atoms with Gasteiger partial charge in [-0.2, -0.15) is 13.2 Å². The number of aromatic nitrogens is 2. The number of amides is 1. The van der Waals surface area contributed by atoms with Gasteiger partial charge in [-0.25, -0.2) is 9.18 Å². The monoisotopic (exact) mass is 480 g/mol. The minimum Gasteiger partial charge on any atom is -0.475 e. The number of fused-ring (bicyclic) bond motifs is 1. The van der Waals surface area contributed by atoms with Crippen molar-refractivity contribution in [3.05, 3.63) is 60.3 Å². The van der Waals surface area contributed by atoms with E-state index < -0.39 is 12.1 Å². The van der Waals surface area contributed by atoms with E-state index in [4.69, 9.17) is 9.90 Å². The minimum absolute atomic E-state index is 0.137. The number of alkyl halides is 3. The van der Waals surface area contributed by atoms with Gasteiger partial charge < -0.3 is 15.0 Å². The van der Waals surface area contributed by atoms with Crippen molar-refractivity contribution in [2.75, 3.05) is 18.4 Å². The number of carboxylic acid groups (broad SMARTS) is 1. The van der Waals surface area contributed by atoms with Crippen LogP contribution in [0, 0.1) is 5.82 Å². The third-order valence-electron chi connectivity index (χ3n) is 5.23. The molecule has 1 aromatic carbocycles. The Balaban J connectivity index is 0.000000406. The van der Waals surface area contributed by atoms with Crippen LogP contribution in [0.3, 0.4) is 0 Å². The van der Waals surface area contributed by atoms with Crippen LogP contribution >= 0.6 is 0 Å². The Labute approximate surface area is 193 Å². The lowest BCUT2D eigenvalue weighted by atomic mass is 10.1. The molecule has 0 saturated carbocycles. The summed E-state index contributed by atoms with van der Waals surface area (Å²) in [6.07, 6.45) is 2.26. The van der Waals surface area contributed by atoms with Gasteiger partial charge in [0.2, 0.25) is 5.91 Å². The minimum atomic E-state index is -5.08. The Kier molecular flexibility index (Phi) is 8.21. The third-order valence-corrected chi connectivity index (χ3v) is 5.23. The summed E-state index contributed by atoms with van der Waals surface area (Å²) in [6.45, 7) is 3.30. The predicted molar refractivity (Wildman–Crippen MR) is 118 cm³/mol. The zero-order chi connectivity index (χ0) is 24.7. The Hall–Kier alpha value is -3.47. The largest absolute Gasteiger partial charge is 0.490 e. The van der Waals surface area contributed by atoms with Crippen molar-refractivity contribution in [1.82, 2.24) is 14.5 Å². The maximum atomic E-state index is 13.3. The highest BCUT2D eigenvalue weighted by Gasteiger charge is 2.38. The van der Waals surface area contributed by atoms with Crippen molar-refractivity contribution < 1.29 is 32.3 Å². The number of benzene rings is 1. The van der Waals surface area contributed by atoms with Crippen LogP contribution in [0.1, 0.15) is 25.0 Å². The molecule has 2 aromatic heterocycles. The van der Waals surface area contributed by atoms with Gasteiger partial charge in [0.25, 0.3) is 0 Å². The first-order valence-corrected chi connectivity index (χ1v) is 10.6. The second-order valence-corrected chi connectivity index (χ2v) is 7.87. The maximum absolute atomic E-state index is 13.3. The van der Waals surface area contributed by atoms with Crippen molar-refractivity contribution >= 4 is 28.5 Å². The molecule has 3 aromatic rings. The Morgan fingerprint density at radius 1 is 1.06 bits per heavy atom. The number of carbonyl (C=O) groups excluding carboxylic acids is 1. The van der Waals surface area contributed by atoms with E-state index in [-0.39, 0.29) is 18.3 Å². The number of pyridine rings is 1. The van der Waals surface area contributed by atoms with Gasteiger partial charge in [0.15, 0.2) is 0 Å². The lowest BCUT2D eigenvalue weighted by Gasteiger charge is -2.25. The van der Waals surface area contributed by atoms with E-state index >= 15 is 0 Å². The average Bonchev–Trinajstić information content (AvgIpc) is 3.17. The highest BCUT2D eigenvalue weighted by molar-refractivity contribution is 5.91. The summed E-state index contributed by atoms with van der Waals surface area (Å²) in [5.41, 5.74) is 2.54. The average molecular weight is 480 g/mol. The fourth-order valence-corrected chi connectivity index (χ4v) is 3.60. The first kappa shape index (κ1) is 25.2. The van der Waals surface area contributed by atoms with Gasteiger partial charge in [0, 0.05) is 23.6 Å². The van der Waals surface area contributed by atoms with Crippen molar-refractivity contribution in [3.63, 3.8) is 0 Å². The molecule has 1 fully saturated rings. The molecule has 0 aliphatic carbocycles. The van der Waals surface area contributed by atoms with Gasteiger partial charge in [-0.1, -0.05) is 6.42 Å². The molecule has 11 heteroatoms. The first-order valence-electron chi connectivity index (χ1n) is 10.6. The summed E-state index contributed by atoms with van der Waals surface area (Å²) >= 11 is 0. The highest BCUT2D eigenvalue weighted by Crippen LogP contribution is 2.18. The number of carboxylic acids is 1. The number of nitrogens with zero attached hydrogens (tertiary/aromatic N) is 3. The summed E-state index contributed by atoms with van der Waals surface area (Å²) in [7, 11) is 0. The van der Waals surface area contributed by atoms with Crippen LogP contribution < -0.4 is 5.32 Å². The summed E-state index contributed by atoms with van der Waals surface area (Å²) in [5.74, 6) is -3.17. The lowest BCUT2D eigenvalue weighted by molar-refractivity contribution is -0.192. The second kappa shape index (κ2) is 11.1. The van der Waals surface area contributed by atoms with Crippen molar-refractivity contribution in [1.29, 1.82) is 0 Å². The molecular formula is C23H24F4N4O3. The number of carbonyl (C=O) groups is 2. The molecule has 0 bridgehead atoms. The molecule has 1 aliphatic heterocycles. The zero-order valence-electron chi connectivity index (χ0n) is 18.2. The number of anilines is 1. The Morgan fingerprint density at radius 3 is 2.38 bits per heavy atom. The van der Waals surface area contributed by atoms with Gasteiger partial charge >= 0.3 is 12.1 Å². The normalized spacial score (nSPS) is 14.4. The molecule has 3 heterocycles. The topological polar surface area (TPSA) is 87.5 Å². The van der Waals surface area contributed by atoms with Crippen LogP contribution in [0.15, 0.2) is 48.8 Å². The molecule has 1 saturated heterocycles. The van der Waals surface area contributed by atoms with E-state index in [1.54, 1.807) is 18.5 Å². The zero-order valence-corrected chi connectivity index (χ0v) is 18.2. The third kappa shape index (κ3) is 7.27. The lowest BCUT2D eigenvalue weighted by Crippen LogP contribution is -2.29. The molecule has 0 radical (unpaired) electrons. The molecule has 1 aliphatic rings. The van der Waals surface area contributed by atoms with Crippen LogP contribution in [-0.2, 0) is 22.7 Å². The fourth-order valence-electron chi connectivity index (χ4n) is 3.60.